The Balaban J connectivity index is 2.56. The van der Waals surface area contributed by atoms with Crippen LogP contribution >= 0.6 is 0 Å². The molecule has 0 aromatic heterocycles. The van der Waals surface area contributed by atoms with Crippen LogP contribution in [0.15, 0.2) is 24.3 Å². The Bertz CT molecular complexity index is 367. The van der Waals surface area contributed by atoms with E-state index < -0.39 is 0 Å². The maximum Gasteiger partial charge on any atom is 0.163 e. The average molecular weight is 262 g/mol. The molecule has 0 heterocycles. The molecule has 0 aliphatic rings. The van der Waals surface area contributed by atoms with Crippen LogP contribution in [-0.2, 0) is 0 Å². The van der Waals surface area contributed by atoms with E-state index in [2.05, 4.69) is 13.8 Å². The topological polar surface area (TPSA) is 26.3 Å². The zero-order valence-electron chi connectivity index (χ0n) is 12.4. The van der Waals surface area contributed by atoms with Crippen molar-refractivity contribution >= 4 is 5.78 Å². The molecule has 1 unspecified atom stereocenters. The first kappa shape index (κ1) is 15.7. The summed E-state index contributed by atoms with van der Waals surface area (Å²) >= 11 is 0. The molecular formula is C17H26O2. The molecule has 1 rings (SSSR count). The summed E-state index contributed by atoms with van der Waals surface area (Å²) in [5, 5.41) is 0. The summed E-state index contributed by atoms with van der Waals surface area (Å²) in [5.41, 5.74) is 0.804. The number of Topliss-reactive ketones (excluding diaryl/α,β-unsaturated/α-hetero) is 1. The Morgan fingerprint density at radius 3 is 2.37 bits per heavy atom. The fraction of sp³-hybridized carbons (Fsp3) is 0.588. The standard InChI is InChI=1S/C17H26O2/c1-4-7-8-14(5-2)13-17(18)15-9-11-16(12-10-15)19-6-3/h9-12,14H,4-8,13H2,1-3H3. The van der Waals surface area contributed by atoms with E-state index in [0.29, 0.717) is 18.9 Å². The summed E-state index contributed by atoms with van der Waals surface area (Å²) in [6, 6.07) is 7.51. The first-order valence-corrected chi connectivity index (χ1v) is 7.47. The Hall–Kier alpha value is -1.31. The fourth-order valence-corrected chi connectivity index (χ4v) is 2.23. The number of hydrogen-bond donors (Lipinski definition) is 0. The van der Waals surface area contributed by atoms with Gasteiger partial charge < -0.3 is 4.74 Å². The van der Waals surface area contributed by atoms with Crippen molar-refractivity contribution in [2.75, 3.05) is 6.61 Å². The van der Waals surface area contributed by atoms with Crippen molar-refractivity contribution in [3.05, 3.63) is 29.8 Å². The lowest BCUT2D eigenvalue weighted by atomic mass is 9.91. The molecule has 0 fully saturated rings. The monoisotopic (exact) mass is 262 g/mol. The molecular weight excluding hydrogens is 236 g/mol. The highest BCUT2D eigenvalue weighted by molar-refractivity contribution is 5.96. The second-order valence-corrected chi connectivity index (χ2v) is 5.00. The van der Waals surface area contributed by atoms with Crippen molar-refractivity contribution in [2.45, 2.75) is 52.9 Å². The Morgan fingerprint density at radius 2 is 1.84 bits per heavy atom. The third-order valence-electron chi connectivity index (χ3n) is 3.50. The lowest BCUT2D eigenvalue weighted by molar-refractivity contribution is 0.0957. The van der Waals surface area contributed by atoms with Crippen LogP contribution in [0.25, 0.3) is 0 Å². The van der Waals surface area contributed by atoms with E-state index in [0.717, 1.165) is 24.2 Å². The van der Waals surface area contributed by atoms with E-state index >= 15 is 0 Å². The van der Waals surface area contributed by atoms with Gasteiger partial charge >= 0.3 is 0 Å². The molecule has 1 aromatic rings. The van der Waals surface area contributed by atoms with Crippen LogP contribution in [0.3, 0.4) is 0 Å². The molecule has 0 bridgehead atoms. The molecule has 0 aliphatic carbocycles. The van der Waals surface area contributed by atoms with Crippen molar-refractivity contribution < 1.29 is 9.53 Å². The van der Waals surface area contributed by atoms with Crippen LogP contribution in [0.5, 0.6) is 5.75 Å². The number of ketones is 1. The van der Waals surface area contributed by atoms with Gasteiger partial charge in [0.1, 0.15) is 5.75 Å². The maximum atomic E-state index is 12.2. The quantitative estimate of drug-likeness (QED) is 0.593. The first-order chi connectivity index (χ1) is 9.21. The second-order valence-electron chi connectivity index (χ2n) is 5.00. The van der Waals surface area contributed by atoms with Crippen molar-refractivity contribution in [3.8, 4) is 5.75 Å². The van der Waals surface area contributed by atoms with E-state index in [4.69, 9.17) is 4.74 Å². The number of hydrogen-bond acceptors (Lipinski definition) is 2. The molecule has 0 saturated carbocycles. The van der Waals surface area contributed by atoms with Crippen LogP contribution in [0, 0.1) is 5.92 Å². The molecule has 2 heteroatoms. The van der Waals surface area contributed by atoms with Gasteiger partial charge in [-0.1, -0.05) is 39.5 Å². The summed E-state index contributed by atoms with van der Waals surface area (Å²) in [4.78, 5) is 12.2. The first-order valence-electron chi connectivity index (χ1n) is 7.47. The molecule has 0 radical (unpaired) electrons. The summed E-state index contributed by atoms with van der Waals surface area (Å²) in [6.45, 7) is 6.98. The highest BCUT2D eigenvalue weighted by atomic mass is 16.5. The van der Waals surface area contributed by atoms with E-state index in [1.54, 1.807) is 0 Å². The molecule has 0 spiro atoms. The minimum atomic E-state index is 0.256. The molecule has 2 nitrogen and oxygen atoms in total. The van der Waals surface area contributed by atoms with Crippen molar-refractivity contribution in [2.24, 2.45) is 5.92 Å². The minimum absolute atomic E-state index is 0.256. The van der Waals surface area contributed by atoms with Gasteiger partial charge in [-0.3, -0.25) is 4.79 Å². The fourth-order valence-electron chi connectivity index (χ4n) is 2.23. The lowest BCUT2D eigenvalue weighted by Gasteiger charge is -2.13. The number of benzene rings is 1. The van der Waals surface area contributed by atoms with Gasteiger partial charge in [-0.15, -0.1) is 0 Å². The molecule has 0 N–H and O–H groups in total. The number of carbonyl (C=O) groups is 1. The summed E-state index contributed by atoms with van der Waals surface area (Å²) in [6.07, 6.45) is 5.34. The number of ether oxygens (including phenoxy) is 1. The maximum absolute atomic E-state index is 12.2. The number of rotatable bonds is 9. The molecule has 0 aliphatic heterocycles. The van der Waals surface area contributed by atoms with E-state index in [9.17, 15) is 4.79 Å². The molecule has 106 valence electrons. The largest absolute Gasteiger partial charge is 0.494 e. The molecule has 1 aromatic carbocycles. The van der Waals surface area contributed by atoms with Crippen LogP contribution < -0.4 is 4.74 Å². The summed E-state index contributed by atoms with van der Waals surface area (Å²) in [7, 11) is 0. The molecule has 1 atom stereocenters. The third kappa shape index (κ3) is 5.46. The third-order valence-corrected chi connectivity index (χ3v) is 3.50. The lowest BCUT2D eigenvalue weighted by Crippen LogP contribution is -2.08. The van der Waals surface area contributed by atoms with Gasteiger partial charge in [0, 0.05) is 12.0 Å². The normalized spacial score (nSPS) is 12.2. The zero-order valence-corrected chi connectivity index (χ0v) is 12.4. The number of carbonyl (C=O) groups excluding carboxylic acids is 1. The van der Waals surface area contributed by atoms with E-state index in [1.807, 2.05) is 31.2 Å². The minimum Gasteiger partial charge on any atom is -0.494 e. The summed E-state index contributed by atoms with van der Waals surface area (Å²) < 4.78 is 5.38. The summed E-state index contributed by atoms with van der Waals surface area (Å²) in [5.74, 6) is 1.61. The zero-order chi connectivity index (χ0) is 14.1. The molecule has 0 saturated heterocycles. The average Bonchev–Trinajstić information content (AvgIpc) is 2.44. The van der Waals surface area contributed by atoms with Crippen molar-refractivity contribution in [1.29, 1.82) is 0 Å². The Morgan fingerprint density at radius 1 is 1.16 bits per heavy atom. The predicted octanol–water partition coefficient (Wildman–Crippen LogP) is 4.87. The van der Waals surface area contributed by atoms with Crippen molar-refractivity contribution in [1.82, 2.24) is 0 Å². The number of unbranched alkanes of at least 4 members (excludes halogenated alkanes) is 1. The predicted molar refractivity (Wildman–Crippen MR) is 79.9 cm³/mol. The van der Waals surface area contributed by atoms with Crippen LogP contribution in [-0.4, -0.2) is 12.4 Å². The van der Waals surface area contributed by atoms with Gasteiger partial charge in [-0.2, -0.15) is 0 Å². The molecule has 0 amide bonds. The van der Waals surface area contributed by atoms with Gasteiger partial charge in [0.15, 0.2) is 5.78 Å². The van der Waals surface area contributed by atoms with E-state index in [-0.39, 0.29) is 5.78 Å². The van der Waals surface area contributed by atoms with Gasteiger partial charge in [-0.25, -0.2) is 0 Å². The highest BCUT2D eigenvalue weighted by Crippen LogP contribution is 2.20. The SMILES string of the molecule is CCCCC(CC)CC(=O)c1ccc(OCC)cc1. The van der Waals surface area contributed by atoms with Gasteiger partial charge in [0.05, 0.1) is 6.61 Å². The Labute approximate surface area is 117 Å². The second kappa shape index (κ2) is 8.73. The van der Waals surface area contributed by atoms with Crippen LogP contribution in [0.2, 0.25) is 0 Å². The van der Waals surface area contributed by atoms with Crippen LogP contribution in [0.4, 0.5) is 0 Å². The molecule has 19 heavy (non-hydrogen) atoms. The Kier molecular flexibility index (Phi) is 7.24. The van der Waals surface area contributed by atoms with Gasteiger partial charge in [0.25, 0.3) is 0 Å². The van der Waals surface area contributed by atoms with E-state index in [1.165, 1.54) is 12.8 Å². The van der Waals surface area contributed by atoms with Gasteiger partial charge in [-0.05, 0) is 37.1 Å². The van der Waals surface area contributed by atoms with Gasteiger partial charge in [0.2, 0.25) is 0 Å². The highest BCUT2D eigenvalue weighted by Gasteiger charge is 2.13. The van der Waals surface area contributed by atoms with Crippen molar-refractivity contribution in [3.63, 3.8) is 0 Å². The smallest absolute Gasteiger partial charge is 0.163 e. The van der Waals surface area contributed by atoms with Crippen LogP contribution in [0.1, 0.15) is 63.2 Å².